The first-order valence-corrected chi connectivity index (χ1v) is 10.8. The van der Waals surface area contributed by atoms with Gasteiger partial charge in [0.1, 0.15) is 12.3 Å². The fraction of sp³-hybridized carbons (Fsp3) is 0.474. The lowest BCUT2D eigenvalue weighted by molar-refractivity contribution is -0.122. The highest BCUT2D eigenvalue weighted by Gasteiger charge is 2.16. The van der Waals surface area contributed by atoms with Crippen molar-refractivity contribution in [1.82, 2.24) is 30.3 Å². The number of halogens is 2. The second-order valence-electron chi connectivity index (χ2n) is 7.20. The minimum atomic E-state index is -2.87. The van der Waals surface area contributed by atoms with Crippen LogP contribution < -0.4 is 10.1 Å². The number of fused-ring (bicyclic) bond motifs is 1. The van der Waals surface area contributed by atoms with Crippen LogP contribution in [0.4, 0.5) is 8.78 Å². The Morgan fingerprint density at radius 3 is 2.97 bits per heavy atom. The minimum Gasteiger partial charge on any atom is -0.435 e. The highest BCUT2D eigenvalue weighted by Crippen LogP contribution is 2.25. The number of alkyl halides is 2. The highest BCUT2D eigenvalue weighted by molar-refractivity contribution is 7.98. The Bertz CT molecular complexity index is 1000. The Morgan fingerprint density at radius 1 is 1.33 bits per heavy atom. The number of carbonyl (C=O) groups is 1. The number of benzene rings is 1. The number of rotatable bonds is 8. The first kappa shape index (κ1) is 20.6. The predicted molar refractivity (Wildman–Crippen MR) is 107 cm³/mol. The molecule has 0 aliphatic heterocycles. The molecule has 0 spiro atoms. The van der Waals surface area contributed by atoms with E-state index >= 15 is 0 Å². The van der Waals surface area contributed by atoms with Crippen LogP contribution in [-0.2, 0) is 17.1 Å². The molecule has 1 fully saturated rings. The number of nitrogens with zero attached hydrogens (tertiary/aromatic N) is 4. The molecule has 1 saturated carbocycles. The second-order valence-corrected chi connectivity index (χ2v) is 8.16. The molecule has 11 heteroatoms. The van der Waals surface area contributed by atoms with Crippen molar-refractivity contribution in [2.45, 2.75) is 62.2 Å². The van der Waals surface area contributed by atoms with Crippen molar-refractivity contribution in [3.05, 3.63) is 30.1 Å². The maximum absolute atomic E-state index is 12.3. The second kappa shape index (κ2) is 9.41. The molecular weight excluding hydrogens is 414 g/mol. The average Bonchev–Trinajstić information content (AvgIpc) is 3.32. The lowest BCUT2D eigenvalue weighted by Crippen LogP contribution is -2.38. The summed E-state index contributed by atoms with van der Waals surface area (Å²) in [4.78, 5) is 19.7. The third-order valence-electron chi connectivity index (χ3n) is 4.88. The largest absolute Gasteiger partial charge is 0.435 e. The van der Waals surface area contributed by atoms with Crippen LogP contribution in [0, 0.1) is 0 Å². The van der Waals surface area contributed by atoms with E-state index in [0.29, 0.717) is 27.6 Å². The third-order valence-corrected chi connectivity index (χ3v) is 5.78. The standard InChI is InChI=1S/C19H22F2N6O2S/c20-18(21)29-14-6-7-15-16(8-14)24-19(23-15)30-11-13-9-27(26-25-13)10-17(28)22-12-4-2-1-3-5-12/h6-9,12,18H,1-5,10-11H2,(H,22,28)(H,23,24). The molecule has 3 aromatic rings. The number of hydrogen-bond acceptors (Lipinski definition) is 6. The van der Waals surface area contributed by atoms with Gasteiger partial charge in [-0.1, -0.05) is 36.2 Å². The molecule has 2 aromatic heterocycles. The fourth-order valence-corrected chi connectivity index (χ4v) is 4.26. The number of aromatic nitrogens is 5. The van der Waals surface area contributed by atoms with Crippen LogP contribution in [0.3, 0.4) is 0 Å². The number of imidazole rings is 1. The van der Waals surface area contributed by atoms with Crippen molar-refractivity contribution in [2.75, 3.05) is 0 Å². The molecule has 1 aliphatic rings. The smallest absolute Gasteiger partial charge is 0.387 e. The summed E-state index contributed by atoms with van der Waals surface area (Å²) in [6.07, 6.45) is 7.39. The van der Waals surface area contributed by atoms with E-state index in [1.165, 1.54) is 35.0 Å². The molecule has 0 radical (unpaired) electrons. The van der Waals surface area contributed by atoms with Gasteiger partial charge in [-0.2, -0.15) is 8.78 Å². The van der Waals surface area contributed by atoms with Gasteiger partial charge in [-0.05, 0) is 25.0 Å². The van der Waals surface area contributed by atoms with Crippen LogP contribution in [0.15, 0.2) is 29.6 Å². The zero-order chi connectivity index (χ0) is 20.9. The minimum absolute atomic E-state index is 0.0508. The molecule has 2 N–H and O–H groups in total. The van der Waals surface area contributed by atoms with E-state index in [1.54, 1.807) is 12.3 Å². The van der Waals surface area contributed by atoms with Crippen molar-refractivity contribution in [3.63, 3.8) is 0 Å². The van der Waals surface area contributed by atoms with Gasteiger partial charge in [0.25, 0.3) is 0 Å². The van der Waals surface area contributed by atoms with Crippen LogP contribution in [0.25, 0.3) is 11.0 Å². The number of carbonyl (C=O) groups excluding carboxylic acids is 1. The Labute approximate surface area is 175 Å². The van der Waals surface area contributed by atoms with Gasteiger partial charge in [0.15, 0.2) is 5.16 Å². The van der Waals surface area contributed by atoms with Crippen molar-refractivity contribution >= 4 is 28.7 Å². The normalized spacial score (nSPS) is 15.0. The molecule has 2 heterocycles. The molecule has 0 unspecified atom stereocenters. The van der Waals surface area contributed by atoms with Crippen LogP contribution in [0.2, 0.25) is 0 Å². The Morgan fingerprint density at radius 2 is 2.17 bits per heavy atom. The van der Waals surface area contributed by atoms with Gasteiger partial charge in [0.2, 0.25) is 5.91 Å². The fourth-order valence-electron chi connectivity index (χ4n) is 3.50. The SMILES string of the molecule is O=C(Cn1cc(CSc2nc3ccc(OC(F)F)cc3[nH]2)nn1)NC1CCCCC1. The summed E-state index contributed by atoms with van der Waals surface area (Å²) in [6, 6.07) is 4.83. The van der Waals surface area contributed by atoms with E-state index in [0.717, 1.165) is 25.7 Å². The summed E-state index contributed by atoms with van der Waals surface area (Å²) >= 11 is 1.41. The summed E-state index contributed by atoms with van der Waals surface area (Å²) in [7, 11) is 0. The number of thioether (sulfide) groups is 1. The zero-order valence-corrected chi connectivity index (χ0v) is 17.0. The van der Waals surface area contributed by atoms with Gasteiger partial charge in [-0.3, -0.25) is 4.79 Å². The number of nitrogens with one attached hydrogen (secondary N) is 2. The summed E-state index contributed by atoms with van der Waals surface area (Å²) in [6.45, 7) is -2.72. The highest BCUT2D eigenvalue weighted by atomic mass is 32.2. The molecule has 0 atom stereocenters. The van der Waals surface area contributed by atoms with Gasteiger partial charge in [-0.25, -0.2) is 9.67 Å². The summed E-state index contributed by atoms with van der Waals surface area (Å²) in [5.41, 5.74) is 1.98. The molecule has 0 bridgehead atoms. The van der Waals surface area contributed by atoms with E-state index < -0.39 is 6.61 Å². The first-order chi connectivity index (χ1) is 14.5. The number of H-pyrrole nitrogens is 1. The Hall–Kier alpha value is -2.69. The van der Waals surface area contributed by atoms with Gasteiger partial charge in [0, 0.05) is 24.1 Å². The summed E-state index contributed by atoms with van der Waals surface area (Å²) in [5, 5.41) is 11.8. The zero-order valence-electron chi connectivity index (χ0n) is 16.2. The van der Waals surface area contributed by atoms with Crippen LogP contribution in [0.1, 0.15) is 37.8 Å². The summed E-state index contributed by atoms with van der Waals surface area (Å²) in [5.74, 6) is 0.530. The average molecular weight is 436 g/mol. The van der Waals surface area contributed by atoms with Gasteiger partial charge in [-0.15, -0.1) is 5.10 Å². The summed E-state index contributed by atoms with van der Waals surface area (Å²) < 4.78 is 30.6. The Balaban J connectivity index is 1.30. The molecule has 30 heavy (non-hydrogen) atoms. The number of hydrogen-bond donors (Lipinski definition) is 2. The van der Waals surface area contributed by atoms with Gasteiger partial charge >= 0.3 is 6.61 Å². The van der Waals surface area contributed by atoms with Crippen molar-refractivity contribution < 1.29 is 18.3 Å². The molecule has 8 nitrogen and oxygen atoms in total. The molecule has 0 saturated heterocycles. The van der Waals surface area contributed by atoms with E-state index in [-0.39, 0.29) is 24.2 Å². The van der Waals surface area contributed by atoms with Crippen molar-refractivity contribution in [1.29, 1.82) is 0 Å². The van der Waals surface area contributed by atoms with Gasteiger partial charge in [0.05, 0.1) is 16.7 Å². The van der Waals surface area contributed by atoms with E-state index in [4.69, 9.17) is 0 Å². The topological polar surface area (TPSA) is 97.7 Å². The van der Waals surface area contributed by atoms with Crippen LogP contribution in [0.5, 0.6) is 5.75 Å². The molecule has 1 amide bonds. The first-order valence-electron chi connectivity index (χ1n) is 9.81. The lowest BCUT2D eigenvalue weighted by atomic mass is 9.95. The monoisotopic (exact) mass is 436 g/mol. The van der Waals surface area contributed by atoms with E-state index in [1.807, 2.05) is 0 Å². The third kappa shape index (κ3) is 5.47. The maximum Gasteiger partial charge on any atom is 0.387 e. The maximum atomic E-state index is 12.3. The quantitative estimate of drug-likeness (QED) is 0.525. The van der Waals surface area contributed by atoms with Crippen LogP contribution in [-0.4, -0.2) is 43.5 Å². The molecule has 4 rings (SSSR count). The molecule has 1 aromatic carbocycles. The van der Waals surface area contributed by atoms with E-state index in [9.17, 15) is 13.6 Å². The Kier molecular flexibility index (Phi) is 6.46. The number of amides is 1. The lowest BCUT2D eigenvalue weighted by Gasteiger charge is -2.22. The van der Waals surface area contributed by atoms with Crippen molar-refractivity contribution in [3.8, 4) is 5.75 Å². The molecule has 160 valence electrons. The van der Waals surface area contributed by atoms with Crippen LogP contribution >= 0.6 is 11.8 Å². The number of ether oxygens (including phenoxy) is 1. The van der Waals surface area contributed by atoms with Crippen molar-refractivity contribution in [2.24, 2.45) is 0 Å². The predicted octanol–water partition coefficient (Wildman–Crippen LogP) is 3.50. The number of aromatic amines is 1. The van der Waals surface area contributed by atoms with Gasteiger partial charge < -0.3 is 15.0 Å². The van der Waals surface area contributed by atoms with E-state index in [2.05, 4.69) is 30.3 Å². The molecular formula is C19H22F2N6O2S. The molecule has 1 aliphatic carbocycles.